The molecule has 1 aromatic carbocycles. The third kappa shape index (κ3) is 4.18. The van der Waals surface area contributed by atoms with Crippen molar-refractivity contribution in [1.82, 2.24) is 24.5 Å². The average Bonchev–Trinajstić information content (AvgIpc) is 3.26. The smallest absolute Gasteiger partial charge is 0.165 e. The first-order valence-electron chi connectivity index (χ1n) is 11.0. The van der Waals surface area contributed by atoms with E-state index in [9.17, 15) is 0 Å². The van der Waals surface area contributed by atoms with Gasteiger partial charge in [0.05, 0.1) is 29.8 Å². The SMILES string of the molecule is CCCOc1ccc(-c2ccc3nc(-c4cccnc4N)n(-c4ccc(CCl)cc4)c3n2)nc1. The summed E-state index contributed by atoms with van der Waals surface area (Å²) in [6.07, 6.45) is 4.33. The average molecular weight is 471 g/mol. The van der Waals surface area contributed by atoms with Crippen LogP contribution in [0, 0.1) is 0 Å². The monoisotopic (exact) mass is 470 g/mol. The van der Waals surface area contributed by atoms with E-state index in [2.05, 4.69) is 16.9 Å². The van der Waals surface area contributed by atoms with E-state index >= 15 is 0 Å². The minimum Gasteiger partial charge on any atom is -0.492 e. The number of benzene rings is 1. The summed E-state index contributed by atoms with van der Waals surface area (Å²) in [7, 11) is 0. The Labute approximate surface area is 202 Å². The molecule has 0 saturated carbocycles. The highest BCUT2D eigenvalue weighted by molar-refractivity contribution is 6.17. The van der Waals surface area contributed by atoms with Gasteiger partial charge in [-0.05, 0) is 60.5 Å². The molecule has 0 aliphatic rings. The largest absolute Gasteiger partial charge is 0.492 e. The fourth-order valence-corrected chi connectivity index (χ4v) is 3.88. The van der Waals surface area contributed by atoms with E-state index in [0.29, 0.717) is 29.8 Å². The standard InChI is InChI=1S/C26H23ClN6O/c1-2-14-34-19-9-10-21(30-16-19)22-11-12-23-26(31-22)33(18-7-5-17(15-27)6-8-18)25(32-23)20-4-3-13-29-24(20)28/h3-13,16H,2,14-15H2,1H3,(H2,28,29). The number of alkyl halides is 1. The van der Waals surface area contributed by atoms with E-state index < -0.39 is 0 Å². The molecule has 0 fully saturated rings. The van der Waals surface area contributed by atoms with E-state index in [1.54, 1.807) is 12.4 Å². The van der Waals surface area contributed by atoms with Gasteiger partial charge in [0.1, 0.15) is 17.1 Å². The van der Waals surface area contributed by atoms with Crippen molar-refractivity contribution in [1.29, 1.82) is 0 Å². The summed E-state index contributed by atoms with van der Waals surface area (Å²) >= 11 is 6.00. The molecule has 34 heavy (non-hydrogen) atoms. The number of imidazole rings is 1. The van der Waals surface area contributed by atoms with E-state index in [-0.39, 0.29) is 0 Å². The number of fused-ring (bicyclic) bond motifs is 1. The predicted molar refractivity (Wildman–Crippen MR) is 135 cm³/mol. The number of ether oxygens (including phenoxy) is 1. The summed E-state index contributed by atoms with van der Waals surface area (Å²) in [6.45, 7) is 2.73. The summed E-state index contributed by atoms with van der Waals surface area (Å²) in [5.74, 6) is 2.26. The number of aromatic nitrogens is 5. The number of pyridine rings is 3. The van der Waals surface area contributed by atoms with Gasteiger partial charge >= 0.3 is 0 Å². The number of nitrogens with zero attached hydrogens (tertiary/aromatic N) is 5. The third-order valence-electron chi connectivity index (χ3n) is 5.40. The third-order valence-corrected chi connectivity index (χ3v) is 5.71. The van der Waals surface area contributed by atoms with Crippen LogP contribution in [0.15, 0.2) is 73.1 Å². The molecule has 7 nitrogen and oxygen atoms in total. The number of rotatable bonds is 7. The quantitative estimate of drug-likeness (QED) is 0.309. The highest BCUT2D eigenvalue weighted by Gasteiger charge is 2.19. The van der Waals surface area contributed by atoms with Gasteiger partial charge in [-0.1, -0.05) is 19.1 Å². The Balaban J connectivity index is 1.66. The Hall–Kier alpha value is -3.97. The highest BCUT2D eigenvalue weighted by Crippen LogP contribution is 2.31. The lowest BCUT2D eigenvalue weighted by Gasteiger charge is -2.11. The molecule has 170 valence electrons. The zero-order valence-corrected chi connectivity index (χ0v) is 19.4. The van der Waals surface area contributed by atoms with Gasteiger partial charge in [0, 0.05) is 17.8 Å². The highest BCUT2D eigenvalue weighted by atomic mass is 35.5. The first kappa shape index (κ1) is 21.9. The topological polar surface area (TPSA) is 91.7 Å². The van der Waals surface area contributed by atoms with Gasteiger partial charge in [0.2, 0.25) is 0 Å². The Morgan fingerprint density at radius 3 is 2.47 bits per heavy atom. The molecule has 0 aliphatic carbocycles. The molecule has 2 N–H and O–H groups in total. The second-order valence-electron chi connectivity index (χ2n) is 7.77. The molecule has 0 atom stereocenters. The van der Waals surface area contributed by atoms with Gasteiger partial charge in [-0.25, -0.2) is 15.0 Å². The molecule has 0 bridgehead atoms. The van der Waals surface area contributed by atoms with Gasteiger partial charge in [-0.2, -0.15) is 0 Å². The van der Waals surface area contributed by atoms with E-state index in [1.807, 2.05) is 65.2 Å². The maximum atomic E-state index is 6.21. The van der Waals surface area contributed by atoms with Crippen molar-refractivity contribution in [3.05, 3.63) is 78.6 Å². The normalized spacial score (nSPS) is 11.1. The summed E-state index contributed by atoms with van der Waals surface area (Å²) in [5.41, 5.74) is 11.8. The fourth-order valence-electron chi connectivity index (χ4n) is 3.70. The molecule has 0 amide bonds. The number of anilines is 1. The molecule has 0 saturated heterocycles. The molecule has 0 aliphatic heterocycles. The zero-order valence-electron chi connectivity index (χ0n) is 18.6. The first-order chi connectivity index (χ1) is 16.7. The predicted octanol–water partition coefficient (Wildman–Crippen LogP) is 5.65. The van der Waals surface area contributed by atoms with Crippen LogP contribution < -0.4 is 10.5 Å². The van der Waals surface area contributed by atoms with Crippen LogP contribution >= 0.6 is 11.6 Å². The van der Waals surface area contributed by atoms with Crippen molar-refractivity contribution < 1.29 is 4.74 Å². The Morgan fingerprint density at radius 1 is 0.941 bits per heavy atom. The molecule has 4 aromatic heterocycles. The molecule has 4 heterocycles. The van der Waals surface area contributed by atoms with Crippen LogP contribution in [0.4, 0.5) is 5.82 Å². The Morgan fingerprint density at radius 2 is 1.76 bits per heavy atom. The summed E-state index contributed by atoms with van der Waals surface area (Å²) in [4.78, 5) is 18.6. The van der Waals surface area contributed by atoms with Crippen LogP contribution in [0.25, 0.3) is 39.6 Å². The van der Waals surface area contributed by atoms with E-state index in [4.69, 9.17) is 32.0 Å². The van der Waals surface area contributed by atoms with Gasteiger partial charge in [0.25, 0.3) is 0 Å². The lowest BCUT2D eigenvalue weighted by Crippen LogP contribution is -2.02. The van der Waals surface area contributed by atoms with Crippen LogP contribution in [0.2, 0.25) is 0 Å². The maximum absolute atomic E-state index is 6.21. The number of nitrogens with two attached hydrogens (primary N) is 1. The molecule has 0 radical (unpaired) electrons. The Bertz CT molecular complexity index is 1430. The second-order valence-corrected chi connectivity index (χ2v) is 8.04. The molecular formula is C26H23ClN6O. The van der Waals surface area contributed by atoms with Crippen LogP contribution in [-0.4, -0.2) is 31.1 Å². The molecule has 0 unspecified atom stereocenters. The van der Waals surface area contributed by atoms with Crippen molar-refractivity contribution in [2.24, 2.45) is 0 Å². The number of hydrogen-bond acceptors (Lipinski definition) is 6. The van der Waals surface area contributed by atoms with Crippen molar-refractivity contribution in [2.45, 2.75) is 19.2 Å². The molecular weight excluding hydrogens is 448 g/mol. The summed E-state index contributed by atoms with van der Waals surface area (Å²) < 4.78 is 7.64. The lowest BCUT2D eigenvalue weighted by atomic mass is 10.2. The van der Waals surface area contributed by atoms with Crippen LogP contribution in [0.1, 0.15) is 18.9 Å². The van der Waals surface area contributed by atoms with Crippen LogP contribution in [0.3, 0.4) is 0 Å². The molecule has 5 aromatic rings. The lowest BCUT2D eigenvalue weighted by molar-refractivity contribution is 0.316. The van der Waals surface area contributed by atoms with E-state index in [1.165, 1.54) is 0 Å². The maximum Gasteiger partial charge on any atom is 0.165 e. The molecule has 0 spiro atoms. The number of halogens is 1. The van der Waals surface area contributed by atoms with Crippen LogP contribution in [-0.2, 0) is 5.88 Å². The van der Waals surface area contributed by atoms with Gasteiger partial charge in [-0.3, -0.25) is 9.55 Å². The first-order valence-corrected chi connectivity index (χ1v) is 11.6. The van der Waals surface area contributed by atoms with E-state index in [0.717, 1.165) is 45.9 Å². The number of nitrogen functional groups attached to an aromatic ring is 1. The second kappa shape index (κ2) is 9.49. The van der Waals surface area contributed by atoms with Gasteiger partial charge in [-0.15, -0.1) is 11.6 Å². The Kier molecular flexibility index (Phi) is 6.10. The van der Waals surface area contributed by atoms with Gasteiger partial charge < -0.3 is 10.5 Å². The molecule has 5 rings (SSSR count). The van der Waals surface area contributed by atoms with Gasteiger partial charge in [0.15, 0.2) is 11.5 Å². The zero-order chi connectivity index (χ0) is 23.5. The van der Waals surface area contributed by atoms with Crippen LogP contribution in [0.5, 0.6) is 5.75 Å². The summed E-state index contributed by atoms with van der Waals surface area (Å²) in [5, 5.41) is 0. The minimum atomic E-state index is 0.404. The van der Waals surface area contributed by atoms with Crippen molar-refractivity contribution in [3.63, 3.8) is 0 Å². The summed E-state index contributed by atoms with van der Waals surface area (Å²) in [6, 6.07) is 19.4. The fraction of sp³-hybridized carbons (Fsp3) is 0.154. The minimum absolute atomic E-state index is 0.404. The van der Waals surface area contributed by atoms with Crippen molar-refractivity contribution in [3.8, 4) is 34.2 Å². The molecule has 8 heteroatoms. The number of hydrogen-bond donors (Lipinski definition) is 1. The van der Waals surface area contributed by atoms with Crippen molar-refractivity contribution in [2.75, 3.05) is 12.3 Å². The van der Waals surface area contributed by atoms with Crippen molar-refractivity contribution >= 4 is 28.6 Å².